The fourth-order valence-electron chi connectivity index (χ4n) is 9.06. The number of hydrogen-bond acceptors (Lipinski definition) is 3. The Bertz CT molecular complexity index is 912. The maximum atomic E-state index is 13.0. The van der Waals surface area contributed by atoms with Crippen molar-refractivity contribution >= 4 is 9.84 Å². The van der Waals surface area contributed by atoms with E-state index in [2.05, 4.69) is 13.8 Å². The van der Waals surface area contributed by atoms with Crippen molar-refractivity contribution in [2.75, 3.05) is 5.75 Å². The molecule has 0 heterocycles. The highest BCUT2D eigenvalue weighted by atomic mass is 32.2. The Labute approximate surface area is 195 Å². The van der Waals surface area contributed by atoms with Gasteiger partial charge in [-0.05, 0) is 117 Å². The predicted molar refractivity (Wildman–Crippen MR) is 129 cm³/mol. The summed E-state index contributed by atoms with van der Waals surface area (Å²) < 4.78 is 25.9. The van der Waals surface area contributed by atoms with Crippen molar-refractivity contribution in [2.24, 2.45) is 40.4 Å². The summed E-state index contributed by atoms with van der Waals surface area (Å²) in [7, 11) is -3.20. The molecule has 32 heavy (non-hydrogen) atoms. The van der Waals surface area contributed by atoms with Crippen LogP contribution in [0.4, 0.5) is 0 Å². The van der Waals surface area contributed by atoms with Gasteiger partial charge in [-0.1, -0.05) is 38.5 Å². The summed E-state index contributed by atoms with van der Waals surface area (Å²) in [4.78, 5) is 0.479. The molecule has 0 bridgehead atoms. The molecule has 8 atom stereocenters. The van der Waals surface area contributed by atoms with Crippen LogP contribution >= 0.6 is 0 Å². The number of sulfone groups is 1. The number of benzene rings is 1. The maximum Gasteiger partial charge on any atom is 0.178 e. The molecule has 0 radical (unpaired) electrons. The van der Waals surface area contributed by atoms with Crippen LogP contribution in [0.15, 0.2) is 35.2 Å². The minimum atomic E-state index is -3.20. The number of aliphatic hydroxyl groups excluding tert-OH is 1. The van der Waals surface area contributed by atoms with Gasteiger partial charge in [-0.15, -0.1) is 0 Å². The van der Waals surface area contributed by atoms with Gasteiger partial charge in [-0.3, -0.25) is 0 Å². The van der Waals surface area contributed by atoms with E-state index in [1.54, 1.807) is 12.1 Å². The van der Waals surface area contributed by atoms with Crippen LogP contribution in [-0.4, -0.2) is 25.4 Å². The molecule has 178 valence electrons. The van der Waals surface area contributed by atoms with Crippen molar-refractivity contribution in [3.63, 3.8) is 0 Å². The van der Waals surface area contributed by atoms with Crippen molar-refractivity contribution < 1.29 is 13.5 Å². The number of aliphatic hydroxyl groups is 1. The summed E-state index contributed by atoms with van der Waals surface area (Å²) in [6.45, 7) is 5.07. The van der Waals surface area contributed by atoms with Crippen LogP contribution in [0.3, 0.4) is 0 Å². The fraction of sp³-hybridized carbons (Fsp3) is 0.786. The molecule has 5 rings (SSSR count). The minimum Gasteiger partial charge on any atom is -0.393 e. The van der Waals surface area contributed by atoms with Crippen molar-refractivity contribution in [2.45, 2.75) is 95.5 Å². The molecular formula is C28H42O3S. The third kappa shape index (κ3) is 3.78. The van der Waals surface area contributed by atoms with Crippen molar-refractivity contribution in [3.8, 4) is 0 Å². The van der Waals surface area contributed by atoms with Crippen molar-refractivity contribution in [1.82, 2.24) is 0 Å². The molecule has 0 spiro atoms. The zero-order valence-corrected chi connectivity index (χ0v) is 20.8. The van der Waals surface area contributed by atoms with E-state index in [0.717, 1.165) is 37.0 Å². The first kappa shape index (κ1) is 22.9. The average Bonchev–Trinajstić information content (AvgIpc) is 2.78. The molecule has 1 aromatic carbocycles. The zero-order valence-electron chi connectivity index (χ0n) is 20.0. The smallest absolute Gasteiger partial charge is 0.178 e. The lowest BCUT2D eigenvalue weighted by Crippen LogP contribution is -2.56. The van der Waals surface area contributed by atoms with Crippen LogP contribution < -0.4 is 0 Å². The largest absolute Gasteiger partial charge is 0.393 e. The van der Waals surface area contributed by atoms with Gasteiger partial charge < -0.3 is 5.11 Å². The molecule has 0 aromatic heterocycles. The van der Waals surface area contributed by atoms with E-state index in [1.165, 1.54) is 51.4 Å². The lowest BCUT2D eigenvalue weighted by Gasteiger charge is -2.64. The van der Waals surface area contributed by atoms with Crippen LogP contribution in [0.1, 0.15) is 84.5 Å². The highest BCUT2D eigenvalue weighted by Crippen LogP contribution is 2.66. The molecule has 4 saturated carbocycles. The quantitative estimate of drug-likeness (QED) is 0.579. The highest BCUT2D eigenvalue weighted by Gasteiger charge is 2.58. The van der Waals surface area contributed by atoms with E-state index in [-0.39, 0.29) is 11.9 Å². The average molecular weight is 459 g/mol. The molecule has 0 saturated heterocycles. The third-order valence-electron chi connectivity index (χ3n) is 10.9. The van der Waals surface area contributed by atoms with E-state index in [4.69, 9.17) is 0 Å². The summed E-state index contributed by atoms with van der Waals surface area (Å²) in [5.74, 6) is 3.88. The first-order valence-electron chi connectivity index (χ1n) is 13.2. The minimum absolute atomic E-state index is 0.0795. The summed E-state index contributed by atoms with van der Waals surface area (Å²) in [5, 5.41) is 10.3. The van der Waals surface area contributed by atoms with Crippen LogP contribution in [0.2, 0.25) is 0 Å². The lowest BCUT2D eigenvalue weighted by atomic mass is 9.41. The number of rotatable bonds is 4. The van der Waals surface area contributed by atoms with Crippen LogP contribution in [0, 0.1) is 40.4 Å². The van der Waals surface area contributed by atoms with E-state index >= 15 is 0 Å². The van der Waals surface area contributed by atoms with Crippen LogP contribution in [0.25, 0.3) is 0 Å². The molecule has 1 aromatic rings. The standard InChI is InChI=1S/C28H42O3S/c1-27-17-14-26-24(12-11-21-19-22(29)13-16-28(21,26)2)25(27)10-6-7-20(27)15-18-32(30,31)23-8-4-3-5-9-23/h3-5,8-9,20-22,24-26,29H,6-7,10-19H2,1-2H3/t20?,21?,22-,24?,25?,26?,27+,28?/m0/s1. The highest BCUT2D eigenvalue weighted by molar-refractivity contribution is 7.91. The predicted octanol–water partition coefficient (Wildman–Crippen LogP) is 6.26. The van der Waals surface area contributed by atoms with Gasteiger partial charge in [0.05, 0.1) is 16.8 Å². The third-order valence-corrected chi connectivity index (χ3v) is 12.7. The second-order valence-corrected chi connectivity index (χ2v) is 14.3. The molecule has 0 amide bonds. The summed E-state index contributed by atoms with van der Waals surface area (Å²) >= 11 is 0. The molecule has 6 unspecified atom stereocenters. The number of fused-ring (bicyclic) bond motifs is 5. The topological polar surface area (TPSA) is 54.4 Å². The molecule has 4 aliphatic rings. The first-order valence-corrected chi connectivity index (χ1v) is 14.8. The van der Waals surface area contributed by atoms with Gasteiger partial charge in [0, 0.05) is 0 Å². The Morgan fingerprint density at radius 3 is 2.41 bits per heavy atom. The van der Waals surface area contributed by atoms with Crippen molar-refractivity contribution in [3.05, 3.63) is 30.3 Å². The molecule has 4 heteroatoms. The SMILES string of the molecule is CC12CC[C@H](O)CC1CCC1C2CC[C@]2(C)C(CCS(=O)(=O)c3ccccc3)CCCC12. The van der Waals surface area contributed by atoms with E-state index in [9.17, 15) is 13.5 Å². The zero-order chi connectivity index (χ0) is 22.6. The lowest BCUT2D eigenvalue weighted by molar-refractivity contribution is -0.151. The van der Waals surface area contributed by atoms with Gasteiger partial charge in [-0.25, -0.2) is 8.42 Å². The first-order chi connectivity index (χ1) is 15.2. The monoisotopic (exact) mass is 458 g/mol. The molecule has 4 fully saturated rings. The Morgan fingerprint density at radius 1 is 0.906 bits per heavy atom. The number of hydrogen-bond donors (Lipinski definition) is 1. The molecule has 0 aliphatic heterocycles. The van der Waals surface area contributed by atoms with E-state index < -0.39 is 9.84 Å². The van der Waals surface area contributed by atoms with Gasteiger partial charge in [0.25, 0.3) is 0 Å². The fourth-order valence-corrected chi connectivity index (χ4v) is 10.5. The van der Waals surface area contributed by atoms with Crippen LogP contribution in [-0.2, 0) is 9.84 Å². The molecular weight excluding hydrogens is 416 g/mol. The second kappa shape index (κ2) is 8.41. The summed E-state index contributed by atoms with van der Waals surface area (Å²) in [6.07, 6.45) is 12.9. The van der Waals surface area contributed by atoms with Gasteiger partial charge in [-0.2, -0.15) is 0 Å². The Hall–Kier alpha value is -0.870. The van der Waals surface area contributed by atoms with E-state index in [0.29, 0.717) is 27.6 Å². The Morgan fingerprint density at radius 2 is 1.62 bits per heavy atom. The van der Waals surface area contributed by atoms with E-state index in [1.807, 2.05) is 18.2 Å². The van der Waals surface area contributed by atoms with Crippen LogP contribution in [0.5, 0.6) is 0 Å². The molecule has 1 N–H and O–H groups in total. The molecule has 3 nitrogen and oxygen atoms in total. The van der Waals surface area contributed by atoms with Gasteiger partial charge >= 0.3 is 0 Å². The van der Waals surface area contributed by atoms with Gasteiger partial charge in [0.2, 0.25) is 0 Å². The molecule has 4 aliphatic carbocycles. The Kier molecular flexibility index (Phi) is 6.02. The maximum absolute atomic E-state index is 13.0. The summed E-state index contributed by atoms with van der Waals surface area (Å²) in [6, 6.07) is 9.02. The van der Waals surface area contributed by atoms with Gasteiger partial charge in [0.15, 0.2) is 9.84 Å². The van der Waals surface area contributed by atoms with Crippen molar-refractivity contribution in [1.29, 1.82) is 0 Å². The normalized spacial score (nSPS) is 44.2. The summed E-state index contributed by atoms with van der Waals surface area (Å²) in [5.41, 5.74) is 0.704. The second-order valence-electron chi connectivity index (χ2n) is 12.2. The Balaban J connectivity index is 1.33. The van der Waals surface area contributed by atoms with Gasteiger partial charge in [0.1, 0.15) is 0 Å².